The van der Waals surface area contributed by atoms with Crippen molar-refractivity contribution in [3.63, 3.8) is 0 Å². The van der Waals surface area contributed by atoms with Gasteiger partial charge in [0.15, 0.2) is 0 Å². The highest BCUT2D eigenvalue weighted by Crippen LogP contribution is 2.19. The summed E-state index contributed by atoms with van der Waals surface area (Å²) in [4.78, 5) is 11.9. The van der Waals surface area contributed by atoms with Crippen LogP contribution in [0.15, 0.2) is 48.5 Å². The van der Waals surface area contributed by atoms with E-state index in [2.05, 4.69) is 5.32 Å². The standard InChI is InChI=1S/C18H17ClFNO2/c1-12(2)23-15-5-3-4-13(10-15)6-9-18(22)21-14-7-8-17(20)16(19)11-14/h3-12H,1-2H3,(H,21,22)/b9-6+. The zero-order valence-electron chi connectivity index (χ0n) is 12.8. The number of halogens is 2. The summed E-state index contributed by atoms with van der Waals surface area (Å²) >= 11 is 5.67. The predicted octanol–water partition coefficient (Wildman–Crippen LogP) is 4.92. The normalized spacial score (nSPS) is 11.0. The smallest absolute Gasteiger partial charge is 0.248 e. The van der Waals surface area contributed by atoms with E-state index in [1.54, 1.807) is 6.08 Å². The predicted molar refractivity (Wildman–Crippen MR) is 91.3 cm³/mol. The molecule has 2 aromatic carbocycles. The van der Waals surface area contributed by atoms with Gasteiger partial charge in [0.05, 0.1) is 11.1 Å². The Morgan fingerprint density at radius 3 is 2.74 bits per heavy atom. The Bertz CT molecular complexity index is 729. The number of carbonyl (C=O) groups is 1. The van der Waals surface area contributed by atoms with Crippen LogP contribution in [0.2, 0.25) is 5.02 Å². The molecule has 0 aliphatic carbocycles. The van der Waals surface area contributed by atoms with E-state index in [1.807, 2.05) is 38.1 Å². The zero-order valence-corrected chi connectivity index (χ0v) is 13.6. The molecule has 1 N–H and O–H groups in total. The Balaban J connectivity index is 2.01. The molecule has 0 aliphatic heterocycles. The van der Waals surface area contributed by atoms with E-state index < -0.39 is 5.82 Å². The lowest BCUT2D eigenvalue weighted by atomic mass is 10.2. The number of benzene rings is 2. The average Bonchev–Trinajstić information content (AvgIpc) is 2.49. The van der Waals surface area contributed by atoms with Gasteiger partial charge in [-0.1, -0.05) is 23.7 Å². The van der Waals surface area contributed by atoms with Crippen LogP contribution < -0.4 is 10.1 Å². The fourth-order valence-electron chi connectivity index (χ4n) is 1.89. The molecule has 0 saturated carbocycles. The molecule has 0 spiro atoms. The van der Waals surface area contributed by atoms with Crippen molar-refractivity contribution in [2.75, 3.05) is 5.32 Å². The molecule has 0 fully saturated rings. The third-order valence-electron chi connectivity index (χ3n) is 2.84. The number of amides is 1. The molecule has 0 aromatic heterocycles. The summed E-state index contributed by atoms with van der Waals surface area (Å²) in [6.45, 7) is 3.90. The topological polar surface area (TPSA) is 38.3 Å². The second-order valence-corrected chi connectivity index (χ2v) is 5.60. The monoisotopic (exact) mass is 333 g/mol. The zero-order chi connectivity index (χ0) is 16.8. The van der Waals surface area contributed by atoms with Crippen LogP contribution in [0.25, 0.3) is 6.08 Å². The lowest BCUT2D eigenvalue weighted by molar-refractivity contribution is -0.111. The van der Waals surface area contributed by atoms with Crippen LogP contribution in [-0.2, 0) is 4.79 Å². The number of carbonyl (C=O) groups excluding carboxylic acids is 1. The molecular formula is C18H17ClFNO2. The molecule has 120 valence electrons. The first-order valence-electron chi connectivity index (χ1n) is 7.15. The van der Waals surface area contributed by atoms with Crippen LogP contribution in [0.1, 0.15) is 19.4 Å². The van der Waals surface area contributed by atoms with Crippen molar-refractivity contribution in [1.82, 2.24) is 0 Å². The number of ether oxygens (including phenoxy) is 1. The summed E-state index contributed by atoms with van der Waals surface area (Å²) in [5.74, 6) is -0.113. The molecular weight excluding hydrogens is 317 g/mol. The Morgan fingerprint density at radius 2 is 2.04 bits per heavy atom. The molecule has 0 aliphatic rings. The Kier molecular flexibility index (Phi) is 5.77. The minimum absolute atomic E-state index is 0.0367. The first-order valence-corrected chi connectivity index (χ1v) is 7.52. The average molecular weight is 334 g/mol. The summed E-state index contributed by atoms with van der Waals surface area (Å²) in [5.41, 5.74) is 1.28. The fourth-order valence-corrected chi connectivity index (χ4v) is 2.07. The molecule has 0 saturated heterocycles. The molecule has 0 bridgehead atoms. The van der Waals surface area contributed by atoms with Gasteiger partial charge >= 0.3 is 0 Å². The van der Waals surface area contributed by atoms with Gasteiger partial charge in [-0.25, -0.2) is 4.39 Å². The van der Waals surface area contributed by atoms with Gasteiger partial charge in [0, 0.05) is 11.8 Å². The van der Waals surface area contributed by atoms with Gasteiger partial charge in [-0.15, -0.1) is 0 Å². The summed E-state index contributed by atoms with van der Waals surface area (Å²) in [7, 11) is 0. The number of hydrogen-bond donors (Lipinski definition) is 1. The Morgan fingerprint density at radius 1 is 1.26 bits per heavy atom. The number of nitrogens with one attached hydrogen (secondary N) is 1. The Labute approximate surface area is 139 Å². The van der Waals surface area contributed by atoms with E-state index in [-0.39, 0.29) is 17.0 Å². The third kappa shape index (κ3) is 5.42. The van der Waals surface area contributed by atoms with Crippen molar-refractivity contribution in [3.05, 3.63) is 64.9 Å². The van der Waals surface area contributed by atoms with Crippen LogP contribution in [0.3, 0.4) is 0 Å². The summed E-state index contributed by atoms with van der Waals surface area (Å²) in [5, 5.41) is 2.58. The maximum absolute atomic E-state index is 13.1. The van der Waals surface area contributed by atoms with Gasteiger partial charge in [0.1, 0.15) is 11.6 Å². The van der Waals surface area contributed by atoms with Crippen molar-refractivity contribution in [2.45, 2.75) is 20.0 Å². The van der Waals surface area contributed by atoms with Crippen molar-refractivity contribution in [3.8, 4) is 5.75 Å². The molecule has 2 aromatic rings. The first-order chi connectivity index (χ1) is 10.9. The highest BCUT2D eigenvalue weighted by molar-refractivity contribution is 6.31. The van der Waals surface area contributed by atoms with Gasteiger partial charge in [0.2, 0.25) is 5.91 Å². The van der Waals surface area contributed by atoms with E-state index in [1.165, 1.54) is 24.3 Å². The molecule has 0 unspecified atom stereocenters. The highest BCUT2D eigenvalue weighted by atomic mass is 35.5. The van der Waals surface area contributed by atoms with E-state index in [9.17, 15) is 9.18 Å². The quantitative estimate of drug-likeness (QED) is 0.789. The summed E-state index contributed by atoms with van der Waals surface area (Å²) in [6.07, 6.45) is 3.15. The lowest BCUT2D eigenvalue weighted by Crippen LogP contribution is -2.07. The van der Waals surface area contributed by atoms with Crippen LogP contribution in [0.5, 0.6) is 5.75 Å². The molecule has 0 radical (unpaired) electrons. The molecule has 5 heteroatoms. The molecule has 23 heavy (non-hydrogen) atoms. The maximum Gasteiger partial charge on any atom is 0.248 e. The van der Waals surface area contributed by atoms with Crippen LogP contribution in [-0.4, -0.2) is 12.0 Å². The van der Waals surface area contributed by atoms with Crippen molar-refractivity contribution in [2.24, 2.45) is 0 Å². The summed E-state index contributed by atoms with van der Waals surface area (Å²) < 4.78 is 18.7. The first kappa shape index (κ1) is 17.0. The number of anilines is 1. The van der Waals surface area contributed by atoms with E-state index >= 15 is 0 Å². The summed E-state index contributed by atoms with van der Waals surface area (Å²) in [6, 6.07) is 11.4. The van der Waals surface area contributed by atoms with Crippen LogP contribution in [0.4, 0.5) is 10.1 Å². The van der Waals surface area contributed by atoms with E-state index in [4.69, 9.17) is 16.3 Å². The van der Waals surface area contributed by atoms with Crippen molar-refractivity contribution < 1.29 is 13.9 Å². The van der Waals surface area contributed by atoms with E-state index in [0.717, 1.165) is 11.3 Å². The van der Waals surface area contributed by atoms with Gasteiger partial charge < -0.3 is 10.1 Å². The largest absolute Gasteiger partial charge is 0.491 e. The fraction of sp³-hybridized carbons (Fsp3) is 0.167. The van der Waals surface area contributed by atoms with Crippen LogP contribution >= 0.6 is 11.6 Å². The molecule has 0 heterocycles. The lowest BCUT2D eigenvalue weighted by Gasteiger charge is -2.09. The van der Waals surface area contributed by atoms with Gasteiger partial charge in [-0.2, -0.15) is 0 Å². The maximum atomic E-state index is 13.1. The minimum Gasteiger partial charge on any atom is -0.491 e. The minimum atomic E-state index is -0.526. The highest BCUT2D eigenvalue weighted by Gasteiger charge is 2.03. The van der Waals surface area contributed by atoms with Gasteiger partial charge in [0.25, 0.3) is 0 Å². The molecule has 2 rings (SSSR count). The van der Waals surface area contributed by atoms with Gasteiger partial charge in [-0.3, -0.25) is 4.79 Å². The van der Waals surface area contributed by atoms with Crippen molar-refractivity contribution >= 4 is 29.3 Å². The second-order valence-electron chi connectivity index (χ2n) is 5.19. The number of rotatable bonds is 5. The van der Waals surface area contributed by atoms with Crippen LogP contribution in [0, 0.1) is 5.82 Å². The second kappa shape index (κ2) is 7.79. The van der Waals surface area contributed by atoms with E-state index in [0.29, 0.717) is 5.69 Å². The molecule has 1 amide bonds. The van der Waals surface area contributed by atoms with Crippen molar-refractivity contribution in [1.29, 1.82) is 0 Å². The number of hydrogen-bond acceptors (Lipinski definition) is 2. The Hall–Kier alpha value is -2.33. The molecule has 0 atom stereocenters. The molecule has 3 nitrogen and oxygen atoms in total. The SMILES string of the molecule is CC(C)Oc1cccc(/C=C/C(=O)Nc2ccc(F)c(Cl)c2)c1. The van der Waals surface area contributed by atoms with Gasteiger partial charge in [-0.05, 0) is 55.8 Å². The third-order valence-corrected chi connectivity index (χ3v) is 3.13.